The molecule has 2 fully saturated rings. The summed E-state index contributed by atoms with van der Waals surface area (Å²) in [7, 11) is 0. The zero-order valence-corrected chi connectivity index (χ0v) is 16.3. The van der Waals surface area contributed by atoms with Gasteiger partial charge in [0.25, 0.3) is 5.91 Å². The summed E-state index contributed by atoms with van der Waals surface area (Å²) < 4.78 is 32.1. The zero-order valence-electron chi connectivity index (χ0n) is 16.3. The standard InChI is InChI=1S/C20H28F2N4O2/c1-2-23-20(24-6-5-15-12-16(21)14-17(22)13-15)26-9-7-25(8-10-26)19(27)18-4-3-11-28-18/h12-14,18H,2-11H2,1H3,(H,23,24). The second-order valence-corrected chi connectivity index (χ2v) is 7.08. The summed E-state index contributed by atoms with van der Waals surface area (Å²) in [4.78, 5) is 21.0. The predicted molar refractivity (Wildman–Crippen MR) is 103 cm³/mol. The fourth-order valence-corrected chi connectivity index (χ4v) is 3.59. The van der Waals surface area contributed by atoms with E-state index in [2.05, 4.69) is 15.2 Å². The first-order valence-electron chi connectivity index (χ1n) is 9.95. The van der Waals surface area contributed by atoms with E-state index in [4.69, 9.17) is 4.74 Å². The van der Waals surface area contributed by atoms with Crippen molar-refractivity contribution in [2.24, 2.45) is 4.99 Å². The van der Waals surface area contributed by atoms with Crippen molar-refractivity contribution < 1.29 is 18.3 Å². The van der Waals surface area contributed by atoms with E-state index in [-0.39, 0.29) is 12.0 Å². The minimum absolute atomic E-state index is 0.0900. The van der Waals surface area contributed by atoms with Crippen molar-refractivity contribution in [2.45, 2.75) is 32.3 Å². The van der Waals surface area contributed by atoms with Gasteiger partial charge in [0.15, 0.2) is 5.96 Å². The van der Waals surface area contributed by atoms with Crippen molar-refractivity contribution in [3.05, 3.63) is 35.4 Å². The van der Waals surface area contributed by atoms with Crippen molar-refractivity contribution in [3.8, 4) is 0 Å². The fourth-order valence-electron chi connectivity index (χ4n) is 3.59. The molecular formula is C20H28F2N4O2. The third-order valence-electron chi connectivity index (χ3n) is 5.02. The van der Waals surface area contributed by atoms with Gasteiger partial charge in [0.1, 0.15) is 17.7 Å². The smallest absolute Gasteiger partial charge is 0.251 e. The van der Waals surface area contributed by atoms with Gasteiger partial charge in [0.2, 0.25) is 0 Å². The maximum absolute atomic E-state index is 13.3. The molecule has 2 aliphatic rings. The molecule has 1 atom stereocenters. The molecule has 154 valence electrons. The summed E-state index contributed by atoms with van der Waals surface area (Å²) in [5, 5.41) is 3.26. The molecule has 1 N–H and O–H groups in total. The van der Waals surface area contributed by atoms with Crippen LogP contribution in [0.25, 0.3) is 0 Å². The Labute approximate surface area is 164 Å². The number of hydrogen-bond donors (Lipinski definition) is 1. The van der Waals surface area contributed by atoms with Crippen molar-refractivity contribution in [3.63, 3.8) is 0 Å². The highest BCUT2D eigenvalue weighted by molar-refractivity contribution is 5.82. The van der Waals surface area contributed by atoms with Crippen LogP contribution < -0.4 is 5.32 Å². The predicted octanol–water partition coefficient (Wildman–Crippen LogP) is 1.80. The lowest BCUT2D eigenvalue weighted by atomic mass is 10.1. The van der Waals surface area contributed by atoms with Crippen LogP contribution in [-0.4, -0.2) is 73.6 Å². The molecule has 0 aliphatic carbocycles. The van der Waals surface area contributed by atoms with E-state index in [9.17, 15) is 13.6 Å². The molecule has 1 unspecified atom stereocenters. The van der Waals surface area contributed by atoms with Crippen molar-refractivity contribution in [2.75, 3.05) is 45.9 Å². The van der Waals surface area contributed by atoms with Crippen LogP contribution in [0, 0.1) is 11.6 Å². The number of carbonyl (C=O) groups is 1. The number of aliphatic imine (C=N–C) groups is 1. The first-order chi connectivity index (χ1) is 13.6. The maximum atomic E-state index is 13.3. The highest BCUT2D eigenvalue weighted by atomic mass is 19.1. The lowest BCUT2D eigenvalue weighted by Gasteiger charge is -2.37. The van der Waals surface area contributed by atoms with E-state index in [0.717, 1.165) is 31.4 Å². The van der Waals surface area contributed by atoms with Crippen LogP contribution in [0.3, 0.4) is 0 Å². The van der Waals surface area contributed by atoms with E-state index in [1.165, 1.54) is 12.1 Å². The molecular weight excluding hydrogens is 366 g/mol. The average Bonchev–Trinajstić information content (AvgIpc) is 3.21. The molecule has 1 amide bonds. The van der Waals surface area contributed by atoms with Gasteiger partial charge in [-0.1, -0.05) is 0 Å². The van der Waals surface area contributed by atoms with Crippen molar-refractivity contribution in [1.82, 2.24) is 15.1 Å². The van der Waals surface area contributed by atoms with Gasteiger partial charge < -0.3 is 19.9 Å². The van der Waals surface area contributed by atoms with E-state index < -0.39 is 11.6 Å². The van der Waals surface area contributed by atoms with Crippen LogP contribution in [-0.2, 0) is 16.0 Å². The van der Waals surface area contributed by atoms with Gasteiger partial charge in [0.05, 0.1) is 0 Å². The third-order valence-corrected chi connectivity index (χ3v) is 5.02. The Balaban J connectivity index is 1.53. The molecule has 0 aromatic heterocycles. The van der Waals surface area contributed by atoms with Gasteiger partial charge in [-0.15, -0.1) is 0 Å². The molecule has 0 spiro atoms. The number of halogens is 2. The fraction of sp³-hybridized carbons (Fsp3) is 0.600. The van der Waals surface area contributed by atoms with Crippen LogP contribution in [0.4, 0.5) is 8.78 Å². The Morgan fingerprint density at radius 3 is 2.46 bits per heavy atom. The van der Waals surface area contributed by atoms with Gasteiger partial charge >= 0.3 is 0 Å². The van der Waals surface area contributed by atoms with Crippen LogP contribution >= 0.6 is 0 Å². The summed E-state index contributed by atoms with van der Waals surface area (Å²) in [6, 6.07) is 3.54. The van der Waals surface area contributed by atoms with Crippen LogP contribution in [0.1, 0.15) is 25.3 Å². The third kappa shape index (κ3) is 5.41. The second kappa shape index (κ2) is 9.82. The molecule has 0 saturated carbocycles. The number of benzene rings is 1. The normalized spacial score (nSPS) is 20.5. The van der Waals surface area contributed by atoms with Gasteiger partial charge in [-0.2, -0.15) is 0 Å². The quantitative estimate of drug-likeness (QED) is 0.611. The van der Waals surface area contributed by atoms with Crippen molar-refractivity contribution in [1.29, 1.82) is 0 Å². The molecule has 6 nitrogen and oxygen atoms in total. The minimum Gasteiger partial charge on any atom is -0.368 e. The molecule has 3 rings (SSSR count). The number of guanidine groups is 1. The van der Waals surface area contributed by atoms with E-state index in [0.29, 0.717) is 51.3 Å². The average molecular weight is 394 g/mol. The molecule has 0 bridgehead atoms. The van der Waals surface area contributed by atoms with Gasteiger partial charge in [-0.3, -0.25) is 9.79 Å². The molecule has 28 heavy (non-hydrogen) atoms. The summed E-state index contributed by atoms with van der Waals surface area (Å²) in [5.41, 5.74) is 0.587. The first kappa shape index (κ1) is 20.5. The number of hydrogen-bond acceptors (Lipinski definition) is 3. The number of carbonyl (C=O) groups excluding carboxylic acids is 1. The Morgan fingerprint density at radius 1 is 1.18 bits per heavy atom. The van der Waals surface area contributed by atoms with Crippen LogP contribution in [0.2, 0.25) is 0 Å². The lowest BCUT2D eigenvalue weighted by molar-refractivity contribution is -0.142. The molecule has 1 aromatic carbocycles. The largest absolute Gasteiger partial charge is 0.368 e. The van der Waals surface area contributed by atoms with E-state index in [1.807, 2.05) is 11.8 Å². The summed E-state index contributed by atoms with van der Waals surface area (Å²) in [6.07, 6.45) is 1.94. The number of amides is 1. The molecule has 0 radical (unpaired) electrons. The minimum atomic E-state index is -0.571. The molecule has 2 saturated heterocycles. The molecule has 8 heteroatoms. The van der Waals surface area contributed by atoms with Gasteiger partial charge in [-0.25, -0.2) is 8.78 Å². The lowest BCUT2D eigenvalue weighted by Crippen LogP contribution is -2.55. The maximum Gasteiger partial charge on any atom is 0.251 e. The second-order valence-electron chi connectivity index (χ2n) is 7.08. The zero-order chi connectivity index (χ0) is 19.9. The molecule has 1 aromatic rings. The van der Waals surface area contributed by atoms with Crippen LogP contribution in [0.15, 0.2) is 23.2 Å². The Bertz CT molecular complexity index is 679. The number of piperazine rings is 1. The monoisotopic (exact) mass is 394 g/mol. The number of ether oxygens (including phenoxy) is 1. The van der Waals surface area contributed by atoms with Crippen molar-refractivity contribution >= 4 is 11.9 Å². The molecule has 2 aliphatic heterocycles. The summed E-state index contributed by atoms with van der Waals surface area (Å²) in [6.45, 7) is 6.48. The number of rotatable bonds is 5. The molecule has 2 heterocycles. The van der Waals surface area contributed by atoms with E-state index >= 15 is 0 Å². The Morgan fingerprint density at radius 2 is 1.86 bits per heavy atom. The highest BCUT2D eigenvalue weighted by Crippen LogP contribution is 2.16. The summed E-state index contributed by atoms with van der Waals surface area (Å²) in [5.74, 6) is -0.286. The van der Waals surface area contributed by atoms with E-state index in [1.54, 1.807) is 0 Å². The first-order valence-corrected chi connectivity index (χ1v) is 9.95. The Kier molecular flexibility index (Phi) is 7.19. The Hall–Kier alpha value is -2.22. The van der Waals surface area contributed by atoms with Gasteiger partial charge in [-0.05, 0) is 43.9 Å². The topological polar surface area (TPSA) is 57.2 Å². The van der Waals surface area contributed by atoms with Gasteiger partial charge in [0, 0.05) is 51.9 Å². The number of nitrogens with one attached hydrogen (secondary N) is 1. The highest BCUT2D eigenvalue weighted by Gasteiger charge is 2.30. The number of nitrogens with zero attached hydrogens (tertiary/aromatic N) is 3. The summed E-state index contributed by atoms with van der Waals surface area (Å²) >= 11 is 0. The SMILES string of the molecule is CCNC(=NCCc1cc(F)cc(F)c1)N1CCN(C(=O)C2CCCO2)CC1. The van der Waals surface area contributed by atoms with Crippen LogP contribution in [0.5, 0.6) is 0 Å².